The Labute approximate surface area is 228 Å². The molecule has 33 heavy (non-hydrogen) atoms. The monoisotopic (exact) mass is 716 g/mol. The van der Waals surface area contributed by atoms with E-state index < -0.39 is 12.6 Å². The number of halogens is 4. The Kier molecular flexibility index (Phi) is 11.6. The van der Waals surface area contributed by atoms with Crippen molar-refractivity contribution in [1.82, 2.24) is 0 Å². The number of aliphatic hydroxyl groups excluding tert-OH is 2. The maximum Gasteiger partial charge on any atom is 0.151 e. The highest BCUT2D eigenvalue weighted by Gasteiger charge is 2.27. The highest BCUT2D eigenvalue weighted by molar-refractivity contribution is 9.11. The molecule has 6 nitrogen and oxygen atoms in total. The van der Waals surface area contributed by atoms with Crippen LogP contribution in [0.1, 0.15) is 38.8 Å². The maximum absolute atomic E-state index is 9.20. The number of ether oxygens (including phenoxy) is 4. The van der Waals surface area contributed by atoms with Gasteiger partial charge in [0.1, 0.15) is 24.7 Å². The minimum atomic E-state index is -0.823. The Balaban J connectivity index is 2.21. The Hall–Kier alpha value is -0.200. The fourth-order valence-corrected chi connectivity index (χ4v) is 5.84. The van der Waals surface area contributed by atoms with E-state index in [1.165, 1.54) is 0 Å². The number of benzene rings is 2. The number of hydrogen-bond acceptors (Lipinski definition) is 6. The van der Waals surface area contributed by atoms with E-state index in [4.69, 9.17) is 18.9 Å². The zero-order valence-corrected chi connectivity index (χ0v) is 25.2. The lowest BCUT2D eigenvalue weighted by Crippen LogP contribution is -2.20. The molecule has 0 aliphatic rings. The molecule has 2 N–H and O–H groups in total. The molecule has 2 aromatic rings. The molecule has 0 radical (unpaired) electrons. The average Bonchev–Trinajstić information content (AvgIpc) is 2.70. The molecule has 184 valence electrons. The van der Waals surface area contributed by atoms with Gasteiger partial charge in [0.15, 0.2) is 12.6 Å². The van der Waals surface area contributed by atoms with Gasteiger partial charge >= 0.3 is 0 Å². The lowest BCUT2D eigenvalue weighted by Gasteiger charge is -2.28. The molecule has 0 spiro atoms. The van der Waals surface area contributed by atoms with Crippen LogP contribution in [0.3, 0.4) is 0 Å². The molecule has 0 aliphatic carbocycles. The van der Waals surface area contributed by atoms with Crippen LogP contribution in [0.4, 0.5) is 0 Å². The van der Waals surface area contributed by atoms with Gasteiger partial charge in [0.05, 0.1) is 31.1 Å². The molecule has 0 aromatic heterocycles. The molecular weight excluding hydrogens is 692 g/mol. The first-order valence-corrected chi connectivity index (χ1v) is 13.4. The molecule has 0 bridgehead atoms. The first-order valence-electron chi connectivity index (χ1n) is 10.3. The van der Waals surface area contributed by atoms with Crippen LogP contribution in [0, 0.1) is 0 Å². The van der Waals surface area contributed by atoms with E-state index in [9.17, 15) is 10.2 Å². The van der Waals surface area contributed by atoms with Crippen LogP contribution in [0.15, 0.2) is 42.2 Å². The summed E-state index contributed by atoms with van der Waals surface area (Å²) in [5.74, 6) is 1.35. The van der Waals surface area contributed by atoms with Crippen LogP contribution in [0.5, 0.6) is 11.5 Å². The minimum absolute atomic E-state index is 0.283. The van der Waals surface area contributed by atoms with Crippen LogP contribution in [0.25, 0.3) is 0 Å². The summed E-state index contributed by atoms with van der Waals surface area (Å²) < 4.78 is 25.1. The third-order valence-corrected chi connectivity index (χ3v) is 7.17. The molecule has 2 atom stereocenters. The second-order valence-corrected chi connectivity index (χ2v) is 11.2. The van der Waals surface area contributed by atoms with Crippen molar-refractivity contribution in [3.05, 3.63) is 53.3 Å². The van der Waals surface area contributed by atoms with E-state index in [0.717, 1.165) is 29.0 Å². The summed E-state index contributed by atoms with van der Waals surface area (Å²) >= 11 is 14.5. The van der Waals surface area contributed by atoms with Gasteiger partial charge in [-0.2, -0.15) is 0 Å². The van der Waals surface area contributed by atoms with E-state index in [1.807, 2.05) is 24.3 Å². The van der Waals surface area contributed by atoms with Gasteiger partial charge in [0, 0.05) is 5.41 Å². The third kappa shape index (κ3) is 8.45. The van der Waals surface area contributed by atoms with E-state index in [0.29, 0.717) is 24.7 Å². The average molecular weight is 720 g/mol. The second-order valence-electron chi connectivity index (χ2n) is 7.80. The fraction of sp³-hybridized carbons (Fsp3) is 0.478. The van der Waals surface area contributed by atoms with Gasteiger partial charge in [0.25, 0.3) is 0 Å². The molecule has 0 heterocycles. The van der Waals surface area contributed by atoms with Gasteiger partial charge in [-0.25, -0.2) is 0 Å². The molecule has 0 aliphatic heterocycles. The zero-order chi connectivity index (χ0) is 24.8. The van der Waals surface area contributed by atoms with Crippen molar-refractivity contribution in [3.63, 3.8) is 0 Å². The summed E-state index contributed by atoms with van der Waals surface area (Å²) in [5.41, 5.74) is 1.82. The van der Waals surface area contributed by atoms with Crippen molar-refractivity contribution in [2.75, 3.05) is 26.4 Å². The molecular formula is C23H28Br4O6. The highest BCUT2D eigenvalue weighted by Crippen LogP contribution is 2.44. The SMILES string of the molecule is CC(O)OCCOc1c(Br)cc(C(C)(C)c2cc(Br)c(OCCOC(C)O)c(Br)c2)cc1Br. The molecule has 2 unspecified atom stereocenters. The van der Waals surface area contributed by atoms with Gasteiger partial charge in [-0.15, -0.1) is 0 Å². The number of aliphatic hydroxyl groups is 2. The van der Waals surface area contributed by atoms with E-state index in [1.54, 1.807) is 13.8 Å². The van der Waals surface area contributed by atoms with Crippen LogP contribution in [-0.2, 0) is 14.9 Å². The van der Waals surface area contributed by atoms with Gasteiger partial charge in [-0.1, -0.05) is 13.8 Å². The molecule has 10 heteroatoms. The topological polar surface area (TPSA) is 77.4 Å². The van der Waals surface area contributed by atoms with Crippen molar-refractivity contribution in [2.45, 2.75) is 45.7 Å². The van der Waals surface area contributed by atoms with E-state index in [2.05, 4.69) is 77.6 Å². The molecule has 0 fully saturated rings. The van der Waals surface area contributed by atoms with Crippen molar-refractivity contribution >= 4 is 63.7 Å². The van der Waals surface area contributed by atoms with Crippen molar-refractivity contribution in [1.29, 1.82) is 0 Å². The first kappa shape index (κ1) is 29.0. The van der Waals surface area contributed by atoms with Crippen LogP contribution >= 0.6 is 63.7 Å². The fourth-order valence-electron chi connectivity index (χ4n) is 3.01. The van der Waals surface area contributed by atoms with E-state index in [-0.39, 0.29) is 18.6 Å². The van der Waals surface area contributed by atoms with Crippen LogP contribution in [-0.4, -0.2) is 49.2 Å². The summed E-state index contributed by atoms with van der Waals surface area (Å²) in [7, 11) is 0. The van der Waals surface area contributed by atoms with E-state index >= 15 is 0 Å². The van der Waals surface area contributed by atoms with Gasteiger partial charge < -0.3 is 29.2 Å². The Morgan fingerprint density at radius 3 is 1.24 bits per heavy atom. The number of rotatable bonds is 12. The summed E-state index contributed by atoms with van der Waals surface area (Å²) in [5, 5.41) is 18.4. The molecule has 2 rings (SSSR count). The van der Waals surface area contributed by atoms with Crippen LogP contribution in [0.2, 0.25) is 0 Å². The predicted octanol–water partition coefficient (Wildman–Crippen LogP) is 6.53. The summed E-state index contributed by atoms with van der Waals surface area (Å²) in [6, 6.07) is 8.15. The Morgan fingerprint density at radius 1 is 0.667 bits per heavy atom. The van der Waals surface area contributed by atoms with Crippen molar-refractivity contribution in [3.8, 4) is 11.5 Å². The Bertz CT molecular complexity index is 814. The first-order chi connectivity index (χ1) is 15.4. The lowest BCUT2D eigenvalue weighted by atomic mass is 9.78. The summed E-state index contributed by atoms with van der Waals surface area (Å²) in [4.78, 5) is 0. The predicted molar refractivity (Wildman–Crippen MR) is 142 cm³/mol. The molecule has 0 amide bonds. The van der Waals surface area contributed by atoms with Crippen LogP contribution < -0.4 is 9.47 Å². The van der Waals surface area contributed by atoms with Gasteiger partial charge in [-0.05, 0) is 113 Å². The molecule has 0 saturated heterocycles. The standard InChI is InChI=1S/C23H28Br4O6/c1-13(28)30-5-7-32-21-17(24)9-15(10-18(21)25)23(3,4)16-11-19(26)22(20(27)12-16)33-8-6-31-14(2)29/h9-14,28-29H,5-8H2,1-4H3. The highest BCUT2D eigenvalue weighted by atomic mass is 79.9. The quantitative estimate of drug-likeness (QED) is 0.192. The normalized spacial score (nSPS) is 13.6. The number of hydrogen-bond donors (Lipinski definition) is 2. The summed E-state index contributed by atoms with van der Waals surface area (Å²) in [6.07, 6.45) is -1.65. The molecule has 0 saturated carbocycles. The Morgan fingerprint density at radius 2 is 0.970 bits per heavy atom. The smallest absolute Gasteiger partial charge is 0.151 e. The second kappa shape index (κ2) is 13.2. The minimum Gasteiger partial charge on any atom is -0.489 e. The summed E-state index contributed by atoms with van der Waals surface area (Å²) in [6.45, 7) is 8.60. The maximum atomic E-state index is 9.20. The van der Waals surface area contributed by atoms with Gasteiger partial charge in [0.2, 0.25) is 0 Å². The lowest BCUT2D eigenvalue weighted by molar-refractivity contribution is -0.0917. The van der Waals surface area contributed by atoms with Crippen molar-refractivity contribution in [2.24, 2.45) is 0 Å². The van der Waals surface area contributed by atoms with Gasteiger partial charge in [-0.3, -0.25) is 0 Å². The van der Waals surface area contributed by atoms with Crippen molar-refractivity contribution < 1.29 is 29.2 Å². The third-order valence-electron chi connectivity index (χ3n) is 4.82. The zero-order valence-electron chi connectivity index (χ0n) is 18.8. The molecule has 2 aromatic carbocycles. The largest absolute Gasteiger partial charge is 0.489 e.